The van der Waals surface area contributed by atoms with E-state index >= 15 is 0 Å². The van der Waals surface area contributed by atoms with Gasteiger partial charge in [0.2, 0.25) is 0 Å². The first kappa shape index (κ1) is 10.8. The van der Waals surface area contributed by atoms with Gasteiger partial charge in [0.05, 0.1) is 11.6 Å². The standard InChI is InChI=1S/C8H6ClF2N3/c9-6-1-4(2-12)5(3-13)7(14-6)8(10)11/h1,8H,3,13H2. The summed E-state index contributed by atoms with van der Waals surface area (Å²) in [5.41, 5.74) is 4.82. The van der Waals surface area contributed by atoms with E-state index in [0.717, 1.165) is 0 Å². The van der Waals surface area contributed by atoms with E-state index in [1.165, 1.54) is 6.07 Å². The number of hydrogen-bond donors (Lipinski definition) is 1. The zero-order chi connectivity index (χ0) is 10.7. The van der Waals surface area contributed by atoms with Crippen LogP contribution in [0.15, 0.2) is 6.07 Å². The van der Waals surface area contributed by atoms with E-state index in [0.29, 0.717) is 0 Å². The van der Waals surface area contributed by atoms with Crippen molar-refractivity contribution in [1.29, 1.82) is 5.26 Å². The Balaban J connectivity index is 3.41. The van der Waals surface area contributed by atoms with E-state index in [1.807, 2.05) is 0 Å². The predicted octanol–water partition coefficient (Wildman–Crippen LogP) is 2.00. The molecule has 0 amide bonds. The van der Waals surface area contributed by atoms with Gasteiger partial charge in [0.15, 0.2) is 0 Å². The molecule has 0 saturated carbocycles. The summed E-state index contributed by atoms with van der Waals surface area (Å²) >= 11 is 5.47. The van der Waals surface area contributed by atoms with Gasteiger partial charge >= 0.3 is 0 Å². The second-order valence-corrected chi connectivity index (χ2v) is 2.86. The summed E-state index contributed by atoms with van der Waals surface area (Å²) in [5, 5.41) is 8.51. The normalized spacial score (nSPS) is 10.3. The molecule has 74 valence electrons. The van der Waals surface area contributed by atoms with Crippen molar-refractivity contribution in [2.45, 2.75) is 13.0 Å². The minimum Gasteiger partial charge on any atom is -0.326 e. The Hall–Kier alpha value is -1.25. The van der Waals surface area contributed by atoms with Crippen molar-refractivity contribution in [3.63, 3.8) is 0 Å². The molecule has 0 aliphatic heterocycles. The number of nitrogens with two attached hydrogens (primary N) is 1. The monoisotopic (exact) mass is 217 g/mol. The molecule has 6 heteroatoms. The Kier molecular flexibility index (Phi) is 3.33. The lowest BCUT2D eigenvalue weighted by molar-refractivity contribution is 0.145. The van der Waals surface area contributed by atoms with Crippen molar-refractivity contribution in [2.24, 2.45) is 5.73 Å². The van der Waals surface area contributed by atoms with Crippen molar-refractivity contribution in [1.82, 2.24) is 4.98 Å². The van der Waals surface area contributed by atoms with Crippen LogP contribution >= 0.6 is 11.6 Å². The van der Waals surface area contributed by atoms with Gasteiger partial charge in [-0.1, -0.05) is 11.6 Å². The molecule has 1 heterocycles. The molecule has 0 unspecified atom stereocenters. The molecule has 0 fully saturated rings. The highest BCUT2D eigenvalue weighted by Gasteiger charge is 2.18. The molecule has 1 aromatic heterocycles. The van der Waals surface area contributed by atoms with Crippen molar-refractivity contribution in [3.05, 3.63) is 28.0 Å². The lowest BCUT2D eigenvalue weighted by atomic mass is 10.1. The zero-order valence-electron chi connectivity index (χ0n) is 6.97. The van der Waals surface area contributed by atoms with Crippen LogP contribution < -0.4 is 5.73 Å². The van der Waals surface area contributed by atoms with Crippen LogP contribution in [0, 0.1) is 11.3 Å². The van der Waals surface area contributed by atoms with Crippen molar-refractivity contribution in [2.75, 3.05) is 0 Å². The average Bonchev–Trinajstić information content (AvgIpc) is 2.16. The second-order valence-electron chi connectivity index (χ2n) is 2.47. The molecule has 14 heavy (non-hydrogen) atoms. The van der Waals surface area contributed by atoms with Crippen molar-refractivity contribution in [3.8, 4) is 6.07 Å². The third-order valence-corrected chi connectivity index (χ3v) is 1.85. The highest BCUT2D eigenvalue weighted by atomic mass is 35.5. The van der Waals surface area contributed by atoms with Crippen LogP contribution in [0.25, 0.3) is 0 Å². The number of alkyl halides is 2. The van der Waals surface area contributed by atoms with Crippen LogP contribution in [0.3, 0.4) is 0 Å². The van der Waals surface area contributed by atoms with E-state index < -0.39 is 12.1 Å². The fourth-order valence-electron chi connectivity index (χ4n) is 1.05. The maximum atomic E-state index is 12.4. The number of pyridine rings is 1. The van der Waals surface area contributed by atoms with E-state index in [9.17, 15) is 8.78 Å². The van der Waals surface area contributed by atoms with E-state index in [2.05, 4.69) is 4.98 Å². The quantitative estimate of drug-likeness (QED) is 0.771. The Morgan fingerprint density at radius 1 is 1.64 bits per heavy atom. The molecule has 0 atom stereocenters. The van der Waals surface area contributed by atoms with Gasteiger partial charge in [0.25, 0.3) is 6.43 Å². The second kappa shape index (κ2) is 4.31. The fourth-order valence-corrected chi connectivity index (χ4v) is 1.25. The first-order valence-electron chi connectivity index (χ1n) is 3.67. The number of rotatable bonds is 2. The summed E-state index contributed by atoms with van der Waals surface area (Å²) in [4.78, 5) is 3.44. The first-order valence-corrected chi connectivity index (χ1v) is 4.05. The highest BCUT2D eigenvalue weighted by Crippen LogP contribution is 2.25. The lowest BCUT2D eigenvalue weighted by Gasteiger charge is -2.07. The van der Waals surface area contributed by atoms with Crippen LogP contribution in [0.5, 0.6) is 0 Å². The van der Waals surface area contributed by atoms with Crippen LogP contribution in [0.1, 0.15) is 23.2 Å². The van der Waals surface area contributed by atoms with Gasteiger partial charge in [-0.25, -0.2) is 13.8 Å². The van der Waals surface area contributed by atoms with Gasteiger partial charge in [-0.15, -0.1) is 0 Å². The number of hydrogen-bond acceptors (Lipinski definition) is 3. The Morgan fingerprint density at radius 3 is 2.71 bits per heavy atom. The van der Waals surface area contributed by atoms with Crippen molar-refractivity contribution >= 4 is 11.6 Å². The summed E-state index contributed by atoms with van der Waals surface area (Å²) in [5.74, 6) is 0. The largest absolute Gasteiger partial charge is 0.326 e. The summed E-state index contributed by atoms with van der Waals surface area (Å²) in [6.07, 6.45) is -2.78. The lowest BCUT2D eigenvalue weighted by Crippen LogP contribution is -2.07. The van der Waals surface area contributed by atoms with E-state index in [1.54, 1.807) is 6.07 Å². The van der Waals surface area contributed by atoms with Gasteiger partial charge < -0.3 is 5.73 Å². The molecule has 1 aromatic rings. The summed E-state index contributed by atoms with van der Waals surface area (Å²) in [7, 11) is 0. The van der Waals surface area contributed by atoms with E-state index in [4.69, 9.17) is 22.6 Å². The fraction of sp³-hybridized carbons (Fsp3) is 0.250. The third-order valence-electron chi connectivity index (χ3n) is 1.66. The SMILES string of the molecule is N#Cc1cc(Cl)nc(C(F)F)c1CN. The van der Waals surface area contributed by atoms with Gasteiger partial charge in [-0.3, -0.25) is 0 Å². The molecule has 0 saturated heterocycles. The van der Waals surface area contributed by atoms with E-state index in [-0.39, 0.29) is 22.8 Å². The Morgan fingerprint density at radius 2 is 2.29 bits per heavy atom. The molecule has 0 radical (unpaired) electrons. The van der Waals surface area contributed by atoms with Crippen molar-refractivity contribution < 1.29 is 8.78 Å². The maximum Gasteiger partial charge on any atom is 0.280 e. The molecule has 0 spiro atoms. The van der Waals surface area contributed by atoms with Crippen LogP contribution in [-0.2, 0) is 6.54 Å². The minimum atomic E-state index is -2.78. The predicted molar refractivity (Wildman–Crippen MR) is 46.8 cm³/mol. The molecule has 0 aliphatic carbocycles. The number of nitriles is 1. The van der Waals surface area contributed by atoms with Crippen LogP contribution in [-0.4, -0.2) is 4.98 Å². The maximum absolute atomic E-state index is 12.4. The molecule has 3 nitrogen and oxygen atoms in total. The summed E-state index contributed by atoms with van der Waals surface area (Å²) in [6.45, 7) is -0.160. The van der Waals surface area contributed by atoms with Gasteiger partial charge in [-0.2, -0.15) is 5.26 Å². The molecular formula is C8H6ClF2N3. The minimum absolute atomic E-state index is 0.0443. The molecule has 2 N–H and O–H groups in total. The van der Waals surface area contributed by atoms with Crippen LogP contribution in [0.2, 0.25) is 5.15 Å². The highest BCUT2D eigenvalue weighted by molar-refractivity contribution is 6.29. The Bertz CT molecular complexity index is 387. The molecule has 0 aromatic carbocycles. The van der Waals surface area contributed by atoms with Gasteiger partial charge in [0, 0.05) is 12.1 Å². The number of aromatic nitrogens is 1. The summed E-state index contributed by atoms with van der Waals surface area (Å²) < 4.78 is 24.8. The molecule has 0 aliphatic rings. The van der Waals surface area contributed by atoms with Crippen LogP contribution in [0.4, 0.5) is 8.78 Å². The molecule has 0 bridgehead atoms. The number of nitrogens with zero attached hydrogens (tertiary/aromatic N) is 2. The number of halogens is 3. The topological polar surface area (TPSA) is 62.7 Å². The molecule has 1 rings (SSSR count). The summed E-state index contributed by atoms with van der Waals surface area (Å²) in [6, 6.07) is 2.96. The third kappa shape index (κ3) is 1.97. The molecular weight excluding hydrogens is 212 g/mol. The Labute approximate surface area is 84.1 Å². The van der Waals surface area contributed by atoms with Gasteiger partial charge in [-0.05, 0) is 6.07 Å². The average molecular weight is 218 g/mol. The smallest absolute Gasteiger partial charge is 0.280 e. The first-order chi connectivity index (χ1) is 6.60. The zero-order valence-corrected chi connectivity index (χ0v) is 7.72. The van der Waals surface area contributed by atoms with Gasteiger partial charge in [0.1, 0.15) is 10.8 Å².